The molecule has 0 bridgehead atoms. The van der Waals surface area contributed by atoms with Crippen LogP contribution in [0.2, 0.25) is 5.02 Å². The lowest BCUT2D eigenvalue weighted by Gasteiger charge is -2.17. The van der Waals surface area contributed by atoms with Crippen LogP contribution in [-0.2, 0) is 22.2 Å². The topological polar surface area (TPSA) is 66.4 Å². The Labute approximate surface area is 135 Å². The Hall–Kier alpha value is -1.40. The Bertz CT molecular complexity index is 704. The fourth-order valence-electron chi connectivity index (χ4n) is 2.16. The van der Waals surface area contributed by atoms with Gasteiger partial charge in [-0.2, -0.15) is 0 Å². The molecule has 0 amide bonds. The first kappa shape index (κ1) is 17.0. The molecule has 0 heterocycles. The van der Waals surface area contributed by atoms with Crippen molar-refractivity contribution in [3.8, 4) is 0 Å². The van der Waals surface area contributed by atoms with E-state index in [1.807, 2.05) is 30.3 Å². The van der Waals surface area contributed by atoms with Gasteiger partial charge in [0.1, 0.15) is 0 Å². The Morgan fingerprint density at radius 3 is 2.32 bits per heavy atom. The number of rotatable bonds is 7. The number of benzene rings is 2. The maximum Gasteiger partial charge on any atom is 0.216 e. The van der Waals surface area contributed by atoms with Crippen LogP contribution in [0, 0.1) is 0 Å². The molecule has 0 aromatic heterocycles. The quantitative estimate of drug-likeness (QED) is 0.813. The minimum atomic E-state index is -3.58. The summed E-state index contributed by atoms with van der Waals surface area (Å²) in [7, 11) is -3.58. The van der Waals surface area contributed by atoms with Gasteiger partial charge in [0, 0.05) is 11.1 Å². The van der Waals surface area contributed by atoms with E-state index in [-0.39, 0.29) is 12.4 Å². The van der Waals surface area contributed by atoms with Gasteiger partial charge in [-0.15, -0.1) is 0 Å². The summed E-state index contributed by atoms with van der Waals surface area (Å²) >= 11 is 5.99. The molecule has 0 saturated carbocycles. The number of aliphatic hydroxyl groups excluding tert-OH is 1. The van der Waals surface area contributed by atoms with Gasteiger partial charge >= 0.3 is 0 Å². The van der Waals surface area contributed by atoms with Gasteiger partial charge in [0.15, 0.2) is 0 Å². The summed E-state index contributed by atoms with van der Waals surface area (Å²) < 4.78 is 27.0. The van der Waals surface area contributed by atoms with Crippen molar-refractivity contribution < 1.29 is 13.5 Å². The molecule has 118 valence electrons. The second-order valence-corrected chi connectivity index (χ2v) is 7.20. The summed E-state index contributed by atoms with van der Waals surface area (Å²) in [4.78, 5) is 0. The Morgan fingerprint density at radius 1 is 1.05 bits per heavy atom. The second kappa shape index (κ2) is 7.74. The average Bonchev–Trinajstić information content (AvgIpc) is 2.49. The van der Waals surface area contributed by atoms with Crippen molar-refractivity contribution >= 4 is 21.6 Å². The first-order valence-electron chi connectivity index (χ1n) is 6.88. The van der Waals surface area contributed by atoms with E-state index in [4.69, 9.17) is 11.6 Å². The zero-order chi connectivity index (χ0) is 16.0. The monoisotopic (exact) mass is 339 g/mol. The van der Waals surface area contributed by atoms with E-state index >= 15 is 0 Å². The molecule has 0 radical (unpaired) electrons. The number of halogens is 1. The smallest absolute Gasteiger partial charge is 0.216 e. The van der Waals surface area contributed by atoms with Gasteiger partial charge in [-0.05, 0) is 23.6 Å². The largest absolute Gasteiger partial charge is 0.395 e. The molecule has 0 unspecified atom stereocenters. The van der Waals surface area contributed by atoms with Crippen molar-refractivity contribution in [1.29, 1.82) is 0 Å². The summed E-state index contributed by atoms with van der Waals surface area (Å²) in [5.41, 5.74) is 1.50. The van der Waals surface area contributed by atoms with Gasteiger partial charge < -0.3 is 5.11 Å². The number of aliphatic hydroxyl groups is 1. The van der Waals surface area contributed by atoms with Crippen LogP contribution in [0.3, 0.4) is 0 Å². The van der Waals surface area contributed by atoms with E-state index in [0.29, 0.717) is 17.0 Å². The minimum Gasteiger partial charge on any atom is -0.395 e. The van der Waals surface area contributed by atoms with Gasteiger partial charge in [0.25, 0.3) is 0 Å². The lowest BCUT2D eigenvalue weighted by atomic mass is 10.1. The van der Waals surface area contributed by atoms with Gasteiger partial charge in [-0.25, -0.2) is 13.1 Å². The van der Waals surface area contributed by atoms with Crippen molar-refractivity contribution in [2.24, 2.45) is 0 Å². The Balaban J connectivity index is 2.04. The molecule has 0 saturated heterocycles. The van der Waals surface area contributed by atoms with E-state index in [2.05, 4.69) is 4.72 Å². The third kappa shape index (κ3) is 5.10. The van der Waals surface area contributed by atoms with Crippen LogP contribution in [0.25, 0.3) is 0 Å². The predicted molar refractivity (Wildman–Crippen MR) is 88.2 cm³/mol. The highest BCUT2D eigenvalue weighted by molar-refractivity contribution is 7.88. The predicted octanol–water partition coefficient (Wildman–Crippen LogP) is 2.36. The fraction of sp³-hybridized carbons (Fsp3) is 0.250. The molecule has 4 nitrogen and oxygen atoms in total. The summed E-state index contributed by atoms with van der Waals surface area (Å²) in [5, 5.41) is 9.83. The average molecular weight is 340 g/mol. The van der Waals surface area contributed by atoms with E-state index in [1.165, 1.54) is 0 Å². The Morgan fingerprint density at radius 2 is 1.68 bits per heavy atom. The first-order valence-corrected chi connectivity index (χ1v) is 8.91. The molecule has 0 aliphatic rings. The highest BCUT2D eigenvalue weighted by Gasteiger charge is 2.19. The molecular formula is C16H18ClNO3S. The third-order valence-corrected chi connectivity index (χ3v) is 4.95. The van der Waals surface area contributed by atoms with Crippen LogP contribution in [0.1, 0.15) is 11.1 Å². The molecule has 2 aromatic carbocycles. The van der Waals surface area contributed by atoms with Crippen molar-refractivity contribution in [2.45, 2.75) is 18.2 Å². The number of nitrogens with one attached hydrogen (secondary N) is 1. The van der Waals surface area contributed by atoms with Crippen LogP contribution < -0.4 is 4.72 Å². The van der Waals surface area contributed by atoms with Crippen molar-refractivity contribution in [3.63, 3.8) is 0 Å². The summed E-state index contributed by atoms with van der Waals surface area (Å²) in [6, 6.07) is 15.7. The van der Waals surface area contributed by atoms with Crippen LogP contribution in [0.4, 0.5) is 0 Å². The first-order chi connectivity index (χ1) is 10.5. The highest BCUT2D eigenvalue weighted by Crippen LogP contribution is 2.17. The summed E-state index contributed by atoms with van der Waals surface area (Å²) in [6.07, 6.45) is 0.430. The number of sulfonamides is 1. The zero-order valence-corrected chi connectivity index (χ0v) is 13.5. The molecule has 2 N–H and O–H groups in total. The van der Waals surface area contributed by atoms with E-state index in [0.717, 1.165) is 5.56 Å². The zero-order valence-electron chi connectivity index (χ0n) is 11.9. The van der Waals surface area contributed by atoms with Crippen molar-refractivity contribution in [2.75, 3.05) is 6.61 Å². The summed E-state index contributed by atoms with van der Waals surface area (Å²) in [5.74, 6) is -0.210. The van der Waals surface area contributed by atoms with Crippen LogP contribution >= 0.6 is 11.6 Å². The van der Waals surface area contributed by atoms with E-state index < -0.39 is 16.1 Å². The van der Waals surface area contributed by atoms with Crippen LogP contribution in [-0.4, -0.2) is 26.2 Å². The molecule has 0 fully saturated rings. The standard InChI is InChI=1S/C16H18ClNO3S/c17-16-9-5-4-8-14(16)12-22(20,21)18-15(11-19)10-13-6-2-1-3-7-13/h1-9,15,18-19H,10-12H2/t15-/m1/s1. The molecular weight excluding hydrogens is 322 g/mol. The van der Waals surface area contributed by atoms with E-state index in [1.54, 1.807) is 24.3 Å². The van der Waals surface area contributed by atoms with Crippen molar-refractivity contribution in [3.05, 3.63) is 70.7 Å². The normalized spacial score (nSPS) is 13.0. The SMILES string of the molecule is O=S(=O)(Cc1ccccc1Cl)N[C@@H](CO)Cc1ccccc1. The highest BCUT2D eigenvalue weighted by atomic mass is 35.5. The molecule has 22 heavy (non-hydrogen) atoms. The minimum absolute atomic E-state index is 0.210. The maximum absolute atomic E-state index is 12.2. The number of hydrogen-bond donors (Lipinski definition) is 2. The molecule has 1 atom stereocenters. The van der Waals surface area contributed by atoms with Crippen LogP contribution in [0.15, 0.2) is 54.6 Å². The van der Waals surface area contributed by atoms with Gasteiger partial charge in [0.05, 0.1) is 12.4 Å². The fourth-order valence-corrected chi connectivity index (χ4v) is 3.85. The molecule has 0 spiro atoms. The molecule has 0 aliphatic carbocycles. The van der Waals surface area contributed by atoms with E-state index in [9.17, 15) is 13.5 Å². The van der Waals surface area contributed by atoms with Crippen LogP contribution in [0.5, 0.6) is 0 Å². The molecule has 2 rings (SSSR count). The van der Waals surface area contributed by atoms with Gasteiger partial charge in [0.2, 0.25) is 10.0 Å². The number of hydrogen-bond acceptors (Lipinski definition) is 3. The molecule has 0 aliphatic heterocycles. The van der Waals surface area contributed by atoms with Gasteiger partial charge in [-0.1, -0.05) is 60.1 Å². The van der Waals surface area contributed by atoms with Gasteiger partial charge in [-0.3, -0.25) is 0 Å². The second-order valence-electron chi connectivity index (χ2n) is 5.04. The summed E-state index contributed by atoms with van der Waals surface area (Å²) in [6.45, 7) is -0.267. The molecule has 2 aromatic rings. The third-order valence-electron chi connectivity index (χ3n) is 3.19. The van der Waals surface area contributed by atoms with Crippen molar-refractivity contribution in [1.82, 2.24) is 4.72 Å². The lowest BCUT2D eigenvalue weighted by molar-refractivity contribution is 0.256. The Kier molecular flexibility index (Phi) is 5.97. The molecule has 6 heteroatoms. The maximum atomic E-state index is 12.2. The lowest BCUT2D eigenvalue weighted by Crippen LogP contribution is -2.39.